The minimum Gasteiger partial charge on any atom is -0.907 e. The first-order valence-electron chi connectivity index (χ1n) is 0.707. The van der Waals surface area contributed by atoms with Gasteiger partial charge in [0.1, 0.15) is 0 Å². The van der Waals surface area contributed by atoms with Gasteiger partial charge < -0.3 is 15.1 Å². The van der Waals surface area contributed by atoms with Crippen LogP contribution in [0.3, 0.4) is 0 Å². The van der Waals surface area contributed by atoms with Gasteiger partial charge in [0, 0.05) is 14.3 Å². The van der Waals surface area contributed by atoms with Crippen LogP contribution in [0.1, 0.15) is 0 Å². The minimum atomic E-state index is -2.92. The Hall–Kier alpha value is 0.335. The number of hydrogen-bond acceptors (Lipinski definition) is 3. The van der Waals surface area contributed by atoms with Crippen molar-refractivity contribution in [1.82, 2.24) is 0 Å². The van der Waals surface area contributed by atoms with Gasteiger partial charge in [0.15, 0.2) is 0 Å². The van der Waals surface area contributed by atoms with Crippen molar-refractivity contribution < 1.29 is 29.4 Å². The van der Waals surface area contributed by atoms with Crippen LogP contribution >= 0.6 is 0 Å². The summed E-state index contributed by atoms with van der Waals surface area (Å²) in [5, 5.41) is 25.2. The molecule has 0 amide bonds. The van der Waals surface area contributed by atoms with Crippen LogP contribution in [0.15, 0.2) is 0 Å². The van der Waals surface area contributed by atoms with E-state index in [1.54, 1.807) is 0 Å². The van der Waals surface area contributed by atoms with Crippen LogP contribution < -0.4 is 15.1 Å². The summed E-state index contributed by atoms with van der Waals surface area (Å²) < 4.78 is 0. The largest absolute Gasteiger partial charge is 0.907 e. The summed E-state index contributed by atoms with van der Waals surface area (Å²) in [6.07, 6.45) is 0. The predicted octanol–water partition coefficient (Wildman–Crippen LogP) is -3.95. The molecule has 0 aliphatic carbocycles. The molecule has 0 aliphatic rings. The standard InChI is InChI=1S/Am.BO3/c;2-1(3)4/q;-3. The van der Waals surface area contributed by atoms with Gasteiger partial charge in [-0.2, -0.15) is 0 Å². The van der Waals surface area contributed by atoms with Crippen LogP contribution in [0.4, 0.5) is 0 Å². The summed E-state index contributed by atoms with van der Waals surface area (Å²) >= 11 is 0. The first kappa shape index (κ1) is 9.01. The van der Waals surface area contributed by atoms with E-state index in [4.69, 9.17) is 15.1 Å². The fourth-order valence-electron chi connectivity index (χ4n) is 0. The van der Waals surface area contributed by atoms with E-state index in [1.165, 1.54) is 0 Å². The molecule has 0 heterocycles. The van der Waals surface area contributed by atoms with Crippen molar-refractivity contribution in [3.05, 3.63) is 0 Å². The quantitative estimate of drug-likeness (QED) is 0.429. The van der Waals surface area contributed by atoms with Crippen LogP contribution in [0.2, 0.25) is 0 Å². The summed E-state index contributed by atoms with van der Waals surface area (Å²) in [4.78, 5) is 0. The Balaban J connectivity index is 0. The molecule has 0 atom stereocenters. The Bertz CT molecular complexity index is 11.6. The Morgan fingerprint density at radius 1 is 1.00 bits per heavy atom. The second kappa shape index (κ2) is 4.33. The van der Waals surface area contributed by atoms with Gasteiger partial charge >= 0.3 is 0 Å². The topological polar surface area (TPSA) is 69.2 Å². The van der Waals surface area contributed by atoms with Gasteiger partial charge in [-0.25, -0.2) is 0 Å². The monoisotopic (exact) mass is 300 g/mol. The van der Waals surface area contributed by atoms with E-state index < -0.39 is 7.32 Å². The maximum Gasteiger partial charge on any atom is 0 e. The van der Waals surface area contributed by atoms with Gasteiger partial charge in [-0.3, -0.25) is 7.32 Å². The van der Waals surface area contributed by atoms with Gasteiger partial charge in [-0.05, 0) is 0 Å². The first-order chi connectivity index (χ1) is 1.73. The molecular formula is AmBO3-3. The summed E-state index contributed by atoms with van der Waals surface area (Å²) in [6, 6.07) is 0. The van der Waals surface area contributed by atoms with E-state index in [9.17, 15) is 0 Å². The third-order valence-corrected chi connectivity index (χ3v) is 0. The van der Waals surface area contributed by atoms with Gasteiger partial charge in [0.05, 0.1) is 0 Å². The minimum absolute atomic E-state index is 0. The van der Waals surface area contributed by atoms with Gasteiger partial charge in [-0.1, -0.05) is 0 Å². The van der Waals surface area contributed by atoms with Crippen LogP contribution in [0.25, 0.3) is 0 Å². The molecule has 0 aromatic carbocycles. The molecule has 0 saturated heterocycles. The van der Waals surface area contributed by atoms with E-state index in [0.717, 1.165) is 0 Å². The van der Waals surface area contributed by atoms with Crippen molar-refractivity contribution in [3.8, 4) is 0 Å². The van der Waals surface area contributed by atoms with Crippen molar-refractivity contribution >= 4 is 7.32 Å². The molecule has 0 aromatic heterocycles. The van der Waals surface area contributed by atoms with Crippen molar-refractivity contribution in [2.45, 2.75) is 0 Å². The molecule has 0 N–H and O–H groups in total. The molecule has 3 nitrogen and oxygen atoms in total. The smallest absolute Gasteiger partial charge is 0 e. The SMILES string of the molecule is [Am].[O-]B([O-])[O-]. The first-order valence-corrected chi connectivity index (χ1v) is 0.707. The van der Waals surface area contributed by atoms with Crippen molar-refractivity contribution in [2.75, 3.05) is 0 Å². The van der Waals surface area contributed by atoms with Gasteiger partial charge in [0.25, 0.3) is 0 Å². The number of hydrogen-bond donors (Lipinski definition) is 0. The molecule has 0 unspecified atom stereocenters. The van der Waals surface area contributed by atoms with Crippen molar-refractivity contribution in [2.24, 2.45) is 0 Å². The van der Waals surface area contributed by atoms with Crippen LogP contribution in [-0.4, -0.2) is 7.32 Å². The maximum absolute atomic E-state index is 8.42. The summed E-state index contributed by atoms with van der Waals surface area (Å²) in [5.74, 6) is 0. The Labute approximate surface area is 37.6 Å². The van der Waals surface area contributed by atoms with Crippen LogP contribution in [0, 0.1) is 14.3 Å². The molecular weight excluding hydrogens is 302 g/mol. The molecule has 0 aliphatic heterocycles. The third-order valence-electron chi connectivity index (χ3n) is 0. The Morgan fingerprint density at radius 2 is 1.00 bits per heavy atom. The molecule has 0 saturated carbocycles. The molecule has 0 aromatic rings. The summed E-state index contributed by atoms with van der Waals surface area (Å²) in [7, 11) is -2.92. The second-order valence-corrected chi connectivity index (χ2v) is 0.289. The zero-order valence-corrected chi connectivity index (χ0v) is 5.33. The molecule has 0 bridgehead atoms. The molecule has 0 spiro atoms. The zero-order chi connectivity index (χ0) is 3.58. The summed E-state index contributed by atoms with van der Waals surface area (Å²) in [5.41, 5.74) is 0. The average molecular weight is 302 g/mol. The molecule has 5 heavy (non-hydrogen) atoms. The predicted molar refractivity (Wildman–Crippen MR) is 5.75 cm³/mol. The van der Waals surface area contributed by atoms with E-state index in [0.29, 0.717) is 0 Å². The fourth-order valence-corrected chi connectivity index (χ4v) is 0. The van der Waals surface area contributed by atoms with E-state index in [1.807, 2.05) is 0 Å². The van der Waals surface area contributed by atoms with Gasteiger partial charge in [-0.15, -0.1) is 0 Å². The van der Waals surface area contributed by atoms with Crippen molar-refractivity contribution in [3.63, 3.8) is 0 Å². The second-order valence-electron chi connectivity index (χ2n) is 0.289. The average Bonchev–Trinajstić information content (AvgIpc) is 0.811. The molecule has 5 heteroatoms. The van der Waals surface area contributed by atoms with E-state index >= 15 is 0 Å². The zero-order valence-electron chi connectivity index (χ0n) is 2.18. The van der Waals surface area contributed by atoms with Crippen molar-refractivity contribution in [1.29, 1.82) is 0 Å². The normalized spacial score (nSPS) is 5.40. The molecule has 31 valence electrons. The number of rotatable bonds is 0. The fraction of sp³-hybridized carbons (Fsp3) is 0. The van der Waals surface area contributed by atoms with E-state index in [2.05, 4.69) is 0 Å². The Morgan fingerprint density at radius 3 is 1.00 bits per heavy atom. The molecule has 1 radical (unpaired) electrons. The van der Waals surface area contributed by atoms with E-state index in [-0.39, 0.29) is 14.3 Å². The Kier molecular flexibility index (Phi) is 7.81. The summed E-state index contributed by atoms with van der Waals surface area (Å²) in [6.45, 7) is 0. The molecule has 0 rings (SSSR count). The van der Waals surface area contributed by atoms with Crippen LogP contribution in [0.5, 0.6) is 0 Å². The third kappa shape index (κ3) is 211. The van der Waals surface area contributed by atoms with Gasteiger partial charge in [0.2, 0.25) is 0 Å². The maximum atomic E-state index is 8.42. The van der Waals surface area contributed by atoms with Crippen LogP contribution in [-0.2, 0) is 0 Å². The molecule has 0 fully saturated rings.